The summed E-state index contributed by atoms with van der Waals surface area (Å²) >= 11 is 1.37. The van der Waals surface area contributed by atoms with Gasteiger partial charge in [0.25, 0.3) is 0 Å². The minimum Gasteiger partial charge on any atom is -0.303 e. The summed E-state index contributed by atoms with van der Waals surface area (Å²) in [5.74, 6) is 4.06. The molecule has 0 saturated carbocycles. The molecule has 3 fully saturated rings. The third-order valence-electron chi connectivity index (χ3n) is 5.14. The monoisotopic (exact) mass is 310 g/mol. The molecule has 0 radical (unpaired) electrons. The summed E-state index contributed by atoms with van der Waals surface area (Å²) in [4.78, 5) is 15.2. The summed E-state index contributed by atoms with van der Waals surface area (Å²) < 4.78 is 5.42. The lowest BCUT2D eigenvalue weighted by Crippen LogP contribution is -2.47. The van der Waals surface area contributed by atoms with E-state index in [9.17, 15) is 4.79 Å². The zero-order valence-corrected chi connectivity index (χ0v) is 13.2. The molecule has 3 saturated heterocycles. The van der Waals surface area contributed by atoms with Crippen LogP contribution in [0.5, 0.6) is 0 Å². The van der Waals surface area contributed by atoms with Gasteiger partial charge in [0.05, 0.1) is 4.70 Å². The van der Waals surface area contributed by atoms with E-state index in [2.05, 4.69) is 15.2 Å². The van der Waals surface area contributed by atoms with Gasteiger partial charge in [0.15, 0.2) is 5.78 Å². The number of hydrogen-bond acceptors (Lipinski definition) is 4. The topological polar surface area (TPSA) is 33.2 Å². The lowest BCUT2D eigenvalue weighted by atomic mass is 9.76. The first kappa shape index (κ1) is 13.9. The fourth-order valence-electron chi connectivity index (χ4n) is 3.88. The average Bonchev–Trinajstić information content (AvgIpc) is 2.99. The second kappa shape index (κ2) is 5.49. The van der Waals surface area contributed by atoms with Crippen LogP contribution < -0.4 is 0 Å². The Morgan fingerprint density at radius 1 is 1.41 bits per heavy atom. The van der Waals surface area contributed by atoms with Crippen molar-refractivity contribution >= 4 is 27.4 Å². The highest BCUT2D eigenvalue weighted by Gasteiger charge is 2.35. The Morgan fingerprint density at radius 3 is 2.91 bits per heavy atom. The molecule has 5 rings (SSSR count). The molecule has 3 aliphatic heterocycles. The van der Waals surface area contributed by atoms with Gasteiger partial charge >= 0.3 is 0 Å². The molecule has 2 bridgehead atoms. The van der Waals surface area contributed by atoms with Crippen LogP contribution in [0.2, 0.25) is 0 Å². The molecule has 2 aromatic rings. The van der Waals surface area contributed by atoms with Crippen LogP contribution in [0.4, 0.5) is 0 Å². The molecule has 1 aromatic carbocycles. The van der Waals surface area contributed by atoms with E-state index < -0.39 is 0 Å². The van der Waals surface area contributed by atoms with Crippen molar-refractivity contribution in [2.45, 2.75) is 19.3 Å². The maximum atomic E-state index is 12.7. The van der Waals surface area contributed by atoms with Gasteiger partial charge in [-0.05, 0) is 67.5 Å². The van der Waals surface area contributed by atoms with Crippen LogP contribution in [0, 0.1) is 24.2 Å². The molecular formula is C18H18N2OS. The van der Waals surface area contributed by atoms with Crippen molar-refractivity contribution in [3.63, 3.8) is 0 Å². The fraction of sp³-hybridized carbons (Fsp3) is 0.444. The van der Waals surface area contributed by atoms with Gasteiger partial charge in [0.2, 0.25) is 0 Å². The molecule has 1 aromatic heterocycles. The van der Waals surface area contributed by atoms with E-state index in [4.69, 9.17) is 6.42 Å². The first-order chi connectivity index (χ1) is 10.7. The molecule has 0 aliphatic carbocycles. The average molecular weight is 310 g/mol. The minimum atomic E-state index is 0.193. The van der Waals surface area contributed by atoms with E-state index in [0.717, 1.165) is 28.1 Å². The van der Waals surface area contributed by atoms with Gasteiger partial charge in [0.1, 0.15) is 5.69 Å². The number of hydrogen-bond donors (Lipinski definition) is 0. The Kier molecular flexibility index (Phi) is 3.48. The number of benzene rings is 1. The number of carbonyl (C=O) groups is 1. The first-order valence-corrected chi connectivity index (χ1v) is 8.63. The third-order valence-corrected chi connectivity index (χ3v) is 5.95. The highest BCUT2D eigenvalue weighted by Crippen LogP contribution is 2.35. The van der Waals surface area contributed by atoms with Crippen LogP contribution >= 0.6 is 11.5 Å². The van der Waals surface area contributed by atoms with E-state index in [-0.39, 0.29) is 5.78 Å². The molecule has 0 unspecified atom stereocenters. The molecule has 4 heteroatoms. The Bertz CT molecular complexity index is 765. The van der Waals surface area contributed by atoms with Crippen molar-refractivity contribution in [2.75, 3.05) is 19.6 Å². The molecule has 22 heavy (non-hydrogen) atoms. The van der Waals surface area contributed by atoms with Crippen LogP contribution in [0.1, 0.15) is 35.3 Å². The molecule has 3 nitrogen and oxygen atoms in total. The van der Waals surface area contributed by atoms with Gasteiger partial charge in [-0.15, -0.1) is 6.42 Å². The predicted molar refractivity (Wildman–Crippen MR) is 89.2 cm³/mol. The molecule has 4 heterocycles. The highest BCUT2D eigenvalue weighted by molar-refractivity contribution is 7.13. The van der Waals surface area contributed by atoms with Crippen molar-refractivity contribution in [3.05, 3.63) is 29.5 Å². The second-order valence-corrected chi connectivity index (χ2v) is 7.22. The molecule has 112 valence electrons. The number of ketones is 1. The van der Waals surface area contributed by atoms with Crippen molar-refractivity contribution in [2.24, 2.45) is 11.8 Å². The number of fused-ring (bicyclic) bond motifs is 4. The van der Waals surface area contributed by atoms with Crippen LogP contribution in [0.15, 0.2) is 18.2 Å². The molecule has 0 N–H and O–H groups in total. The van der Waals surface area contributed by atoms with Crippen molar-refractivity contribution in [3.8, 4) is 12.3 Å². The van der Waals surface area contributed by atoms with Crippen LogP contribution in [0.3, 0.4) is 0 Å². The lowest BCUT2D eigenvalue weighted by molar-refractivity contribution is 0.0440. The quantitative estimate of drug-likeness (QED) is 0.645. The number of aromatic nitrogens is 1. The van der Waals surface area contributed by atoms with E-state index >= 15 is 0 Å². The number of piperidine rings is 3. The summed E-state index contributed by atoms with van der Waals surface area (Å²) in [6.45, 7) is 3.51. The molecule has 0 amide bonds. The third kappa shape index (κ3) is 2.35. The van der Waals surface area contributed by atoms with Gasteiger partial charge in [-0.25, -0.2) is 0 Å². The van der Waals surface area contributed by atoms with Crippen LogP contribution in [-0.2, 0) is 0 Å². The Balaban J connectivity index is 1.57. The largest absolute Gasteiger partial charge is 0.303 e. The summed E-state index contributed by atoms with van der Waals surface area (Å²) in [6, 6.07) is 5.78. The zero-order chi connectivity index (χ0) is 15.1. The molecule has 1 atom stereocenters. The number of carbonyl (C=O) groups excluding carboxylic acids is 1. The molecule has 3 aliphatic rings. The smallest absolute Gasteiger partial charge is 0.183 e. The number of Topliss-reactive ketones (excluding diaryl/α,β-unsaturated/α-hetero) is 1. The Labute approximate surface area is 134 Å². The molecular weight excluding hydrogens is 292 g/mol. The van der Waals surface area contributed by atoms with Crippen molar-refractivity contribution in [1.82, 2.24) is 9.27 Å². The minimum absolute atomic E-state index is 0.193. The second-order valence-electron chi connectivity index (χ2n) is 6.41. The number of rotatable bonds is 3. The molecule has 0 spiro atoms. The summed E-state index contributed by atoms with van der Waals surface area (Å²) in [5, 5.41) is 0.954. The number of nitrogens with zero attached hydrogens (tertiary/aromatic N) is 2. The van der Waals surface area contributed by atoms with E-state index in [1.165, 1.54) is 37.5 Å². The van der Waals surface area contributed by atoms with Crippen molar-refractivity contribution < 1.29 is 4.79 Å². The standard InChI is InChI=1S/C18H18N2OS/c1-2-12-3-4-15-17(9-12)22-19-18(15)16(21)10-14-11-20-7-5-13(14)6-8-20/h1,3-4,9,13-14H,5-8,10-11H2/t14-/m1/s1. The van der Waals surface area contributed by atoms with Gasteiger partial charge in [-0.3, -0.25) is 4.79 Å². The predicted octanol–water partition coefficient (Wildman–Crippen LogP) is 3.19. The van der Waals surface area contributed by atoms with Gasteiger partial charge < -0.3 is 4.90 Å². The SMILES string of the molecule is C#Cc1ccc2c(C(=O)C[C@@H]3CN4CCC3CC4)nsc2c1. The van der Waals surface area contributed by atoms with Crippen LogP contribution in [-0.4, -0.2) is 34.7 Å². The maximum Gasteiger partial charge on any atom is 0.183 e. The van der Waals surface area contributed by atoms with E-state index in [1.54, 1.807) is 0 Å². The summed E-state index contributed by atoms with van der Waals surface area (Å²) in [6.07, 6.45) is 8.57. The number of terminal acetylenes is 1. The lowest BCUT2D eigenvalue weighted by Gasteiger charge is -2.44. The van der Waals surface area contributed by atoms with Gasteiger partial charge in [-0.2, -0.15) is 4.37 Å². The van der Waals surface area contributed by atoms with Gasteiger partial charge in [0, 0.05) is 23.9 Å². The zero-order valence-electron chi connectivity index (χ0n) is 12.4. The first-order valence-electron chi connectivity index (χ1n) is 7.86. The van der Waals surface area contributed by atoms with Crippen LogP contribution in [0.25, 0.3) is 10.1 Å². The Hall–Kier alpha value is -1.70. The maximum absolute atomic E-state index is 12.7. The summed E-state index contributed by atoms with van der Waals surface area (Å²) in [5.41, 5.74) is 1.48. The fourth-order valence-corrected chi connectivity index (χ4v) is 4.71. The highest BCUT2D eigenvalue weighted by atomic mass is 32.1. The summed E-state index contributed by atoms with van der Waals surface area (Å²) in [7, 11) is 0. The normalized spacial score (nSPS) is 27.0. The van der Waals surface area contributed by atoms with E-state index in [1.807, 2.05) is 18.2 Å². The van der Waals surface area contributed by atoms with E-state index in [0.29, 0.717) is 18.0 Å². The van der Waals surface area contributed by atoms with Gasteiger partial charge in [-0.1, -0.05) is 5.92 Å². The van der Waals surface area contributed by atoms with Crippen molar-refractivity contribution in [1.29, 1.82) is 0 Å². The Morgan fingerprint density at radius 2 is 2.23 bits per heavy atom.